The summed E-state index contributed by atoms with van der Waals surface area (Å²) in [6, 6.07) is 21.1. The molecule has 3 aromatic rings. The molecule has 0 aliphatic rings. The third-order valence-electron chi connectivity index (χ3n) is 3.94. The van der Waals surface area contributed by atoms with Gasteiger partial charge in [0, 0.05) is 31.1 Å². The number of aromatic nitrogens is 1. The number of rotatable bonds is 4. The topological polar surface area (TPSA) is 7.12 Å². The zero-order valence-corrected chi connectivity index (χ0v) is 15.6. The molecule has 0 saturated heterocycles. The smallest absolute Gasteiger partial charge is 0.213 e. The van der Waals surface area contributed by atoms with Gasteiger partial charge in [-0.1, -0.05) is 30.3 Å². The normalized spacial score (nSPS) is 10.7. The molecule has 0 saturated carbocycles. The van der Waals surface area contributed by atoms with E-state index in [0.29, 0.717) is 0 Å². The molecule has 0 radical (unpaired) electrons. The summed E-state index contributed by atoms with van der Waals surface area (Å²) in [5.41, 5.74) is 3.69. The molecule has 0 unspecified atom stereocenters. The number of halogens is 1. The molecule has 1 aromatic heterocycles. The molecule has 1 heterocycles. The molecular formula is C20H21IN2. The van der Waals surface area contributed by atoms with Crippen molar-refractivity contribution in [1.82, 2.24) is 0 Å². The van der Waals surface area contributed by atoms with Gasteiger partial charge in [-0.3, -0.25) is 0 Å². The lowest BCUT2D eigenvalue weighted by Crippen LogP contribution is -3.00. The minimum atomic E-state index is 0. The fraction of sp³-hybridized carbons (Fsp3) is 0.150. The number of hydrogen-bond donors (Lipinski definition) is 0. The number of pyridine rings is 1. The summed E-state index contributed by atoms with van der Waals surface area (Å²) in [7, 11) is 2.07. The highest BCUT2D eigenvalue weighted by Crippen LogP contribution is 2.18. The predicted molar refractivity (Wildman–Crippen MR) is 93.7 cm³/mol. The maximum absolute atomic E-state index is 2.27. The van der Waals surface area contributed by atoms with Crippen molar-refractivity contribution in [2.45, 2.75) is 13.5 Å². The summed E-state index contributed by atoms with van der Waals surface area (Å²) in [5, 5.41) is 1.28. The van der Waals surface area contributed by atoms with Gasteiger partial charge < -0.3 is 28.9 Å². The Morgan fingerprint density at radius 3 is 2.39 bits per heavy atom. The van der Waals surface area contributed by atoms with E-state index in [1.54, 1.807) is 0 Å². The van der Waals surface area contributed by atoms with Crippen molar-refractivity contribution >= 4 is 22.7 Å². The Labute approximate surface area is 155 Å². The van der Waals surface area contributed by atoms with Gasteiger partial charge in [0.2, 0.25) is 5.52 Å². The summed E-state index contributed by atoms with van der Waals surface area (Å²) in [4.78, 5) is 2.13. The lowest BCUT2D eigenvalue weighted by atomic mass is 10.1. The minimum Gasteiger partial charge on any atom is -1.00 e. The molecule has 0 amide bonds. The summed E-state index contributed by atoms with van der Waals surface area (Å²) < 4.78 is 2.27. The highest BCUT2D eigenvalue weighted by Gasteiger charge is 2.08. The highest BCUT2D eigenvalue weighted by molar-refractivity contribution is 5.85. The zero-order valence-electron chi connectivity index (χ0n) is 13.5. The van der Waals surface area contributed by atoms with Crippen LogP contribution in [0.2, 0.25) is 0 Å². The van der Waals surface area contributed by atoms with Crippen LogP contribution in [0.1, 0.15) is 12.5 Å². The molecule has 0 N–H and O–H groups in total. The van der Waals surface area contributed by atoms with Gasteiger partial charge in [0.1, 0.15) is 6.54 Å². The fourth-order valence-corrected chi connectivity index (χ4v) is 2.67. The van der Waals surface area contributed by atoms with E-state index in [0.717, 1.165) is 6.54 Å². The van der Waals surface area contributed by atoms with Gasteiger partial charge in [-0.25, -0.2) is 0 Å². The first-order chi connectivity index (χ1) is 10.8. The van der Waals surface area contributed by atoms with Gasteiger partial charge in [0.25, 0.3) is 0 Å². The van der Waals surface area contributed by atoms with E-state index >= 15 is 0 Å². The SMILES string of the molecule is CC[n+]1ccc(/C=C/N(C)c2ccccc2)c2ccccc21.[I-]. The highest BCUT2D eigenvalue weighted by atomic mass is 127. The third kappa shape index (κ3) is 3.91. The van der Waals surface area contributed by atoms with Gasteiger partial charge in [0.05, 0.1) is 5.39 Å². The Bertz CT molecular complexity index is 797. The Morgan fingerprint density at radius 1 is 0.957 bits per heavy atom. The van der Waals surface area contributed by atoms with E-state index in [-0.39, 0.29) is 24.0 Å². The number of aryl methyl sites for hydroxylation is 1. The largest absolute Gasteiger partial charge is 1.00 e. The molecule has 0 atom stereocenters. The molecule has 0 aliphatic carbocycles. The van der Waals surface area contributed by atoms with Crippen LogP contribution in [0, 0.1) is 0 Å². The van der Waals surface area contributed by atoms with Crippen LogP contribution >= 0.6 is 0 Å². The van der Waals surface area contributed by atoms with Crippen molar-refractivity contribution < 1.29 is 28.5 Å². The number of para-hydroxylation sites is 2. The maximum Gasteiger partial charge on any atom is 0.213 e. The van der Waals surface area contributed by atoms with Crippen LogP contribution in [-0.2, 0) is 6.54 Å². The summed E-state index contributed by atoms with van der Waals surface area (Å²) in [6.45, 7) is 3.15. The first kappa shape index (κ1) is 17.5. The van der Waals surface area contributed by atoms with Gasteiger partial charge in [0.15, 0.2) is 6.20 Å². The first-order valence-corrected chi connectivity index (χ1v) is 7.67. The van der Waals surface area contributed by atoms with E-state index in [9.17, 15) is 0 Å². The van der Waals surface area contributed by atoms with Crippen LogP contribution < -0.4 is 33.4 Å². The van der Waals surface area contributed by atoms with E-state index in [1.807, 2.05) is 6.07 Å². The maximum atomic E-state index is 2.27. The van der Waals surface area contributed by atoms with E-state index < -0.39 is 0 Å². The number of anilines is 1. The number of nitrogens with zero attached hydrogens (tertiary/aromatic N) is 2. The van der Waals surface area contributed by atoms with E-state index in [2.05, 4.69) is 96.5 Å². The number of hydrogen-bond acceptors (Lipinski definition) is 1. The summed E-state index contributed by atoms with van der Waals surface area (Å²) in [5.74, 6) is 0. The average molecular weight is 416 g/mol. The van der Waals surface area contributed by atoms with Gasteiger partial charge in [-0.2, -0.15) is 4.57 Å². The lowest BCUT2D eigenvalue weighted by Gasteiger charge is -2.13. The predicted octanol–water partition coefficient (Wildman–Crippen LogP) is 1.26. The van der Waals surface area contributed by atoms with Crippen molar-refractivity contribution in [3.8, 4) is 0 Å². The quantitative estimate of drug-likeness (QED) is 0.459. The standard InChI is InChI=1S/C20H21N2.HI/c1-3-22-16-14-17(19-11-7-8-12-20(19)22)13-15-21(2)18-9-5-4-6-10-18;/h4-16H,3H2,1-2H3;1H/q+1;/p-1. The molecule has 2 aromatic carbocycles. The Balaban J connectivity index is 0.00000192. The van der Waals surface area contributed by atoms with Gasteiger partial charge in [-0.15, -0.1) is 0 Å². The molecular weight excluding hydrogens is 395 g/mol. The molecule has 118 valence electrons. The summed E-state index contributed by atoms with van der Waals surface area (Å²) >= 11 is 0. The van der Waals surface area contributed by atoms with Crippen LogP contribution in [0.5, 0.6) is 0 Å². The third-order valence-corrected chi connectivity index (χ3v) is 3.94. The van der Waals surface area contributed by atoms with Crippen molar-refractivity contribution in [3.05, 3.63) is 78.6 Å². The molecule has 2 nitrogen and oxygen atoms in total. The monoisotopic (exact) mass is 416 g/mol. The van der Waals surface area contributed by atoms with E-state index in [1.165, 1.54) is 22.2 Å². The molecule has 0 spiro atoms. The first-order valence-electron chi connectivity index (χ1n) is 7.67. The molecule has 0 aliphatic heterocycles. The molecule has 3 heteroatoms. The Hall–Kier alpha value is -1.88. The molecule has 0 bridgehead atoms. The van der Waals surface area contributed by atoms with Crippen molar-refractivity contribution in [2.24, 2.45) is 0 Å². The van der Waals surface area contributed by atoms with Gasteiger partial charge in [-0.05, 0) is 36.8 Å². The number of benzene rings is 2. The molecule has 23 heavy (non-hydrogen) atoms. The summed E-state index contributed by atoms with van der Waals surface area (Å²) in [6.07, 6.45) is 6.45. The minimum absolute atomic E-state index is 0. The average Bonchev–Trinajstić information content (AvgIpc) is 2.60. The fourth-order valence-electron chi connectivity index (χ4n) is 2.67. The Kier molecular flexibility index (Phi) is 6.16. The van der Waals surface area contributed by atoms with Crippen molar-refractivity contribution in [3.63, 3.8) is 0 Å². The second-order valence-corrected chi connectivity index (χ2v) is 5.34. The second-order valence-electron chi connectivity index (χ2n) is 5.34. The van der Waals surface area contributed by atoms with Crippen LogP contribution in [0.15, 0.2) is 73.1 Å². The van der Waals surface area contributed by atoms with Crippen molar-refractivity contribution in [2.75, 3.05) is 11.9 Å². The van der Waals surface area contributed by atoms with Crippen LogP contribution in [0.25, 0.3) is 17.0 Å². The molecule has 0 fully saturated rings. The zero-order chi connectivity index (χ0) is 15.4. The van der Waals surface area contributed by atoms with Crippen LogP contribution in [0.4, 0.5) is 5.69 Å². The number of fused-ring (bicyclic) bond motifs is 1. The second kappa shape index (κ2) is 8.11. The molecule has 3 rings (SSSR count). The van der Waals surface area contributed by atoms with Crippen LogP contribution in [-0.4, -0.2) is 7.05 Å². The Morgan fingerprint density at radius 2 is 1.65 bits per heavy atom. The van der Waals surface area contributed by atoms with E-state index in [4.69, 9.17) is 0 Å². The van der Waals surface area contributed by atoms with Gasteiger partial charge >= 0.3 is 0 Å². The van der Waals surface area contributed by atoms with Crippen molar-refractivity contribution in [1.29, 1.82) is 0 Å². The lowest BCUT2D eigenvalue weighted by molar-refractivity contribution is -0.667. The van der Waals surface area contributed by atoms with Crippen LogP contribution in [0.3, 0.4) is 0 Å².